The number of nitrogens with zero attached hydrogens (tertiary/aromatic N) is 2. The summed E-state index contributed by atoms with van der Waals surface area (Å²) in [5, 5.41) is 4.11. The van der Waals surface area contributed by atoms with E-state index in [4.69, 9.17) is 11.6 Å². The third-order valence-corrected chi connectivity index (χ3v) is 3.77. The Hall–Kier alpha value is -0.800. The molecule has 100 valence electrons. The highest BCUT2D eigenvalue weighted by Crippen LogP contribution is 2.21. The summed E-state index contributed by atoms with van der Waals surface area (Å²) >= 11 is 5.90. The first-order chi connectivity index (χ1) is 8.66. The van der Waals surface area contributed by atoms with Crippen LogP contribution in [0.3, 0.4) is 0 Å². The normalized spacial score (nSPS) is 17.1. The smallest absolute Gasteiger partial charge is 0.128 e. The fourth-order valence-electron chi connectivity index (χ4n) is 2.45. The van der Waals surface area contributed by atoms with Crippen molar-refractivity contribution in [2.45, 2.75) is 32.7 Å². The Kier molecular flexibility index (Phi) is 4.84. The van der Waals surface area contributed by atoms with Crippen LogP contribution in [0.15, 0.2) is 18.3 Å². The van der Waals surface area contributed by atoms with Crippen LogP contribution < -0.4 is 10.2 Å². The van der Waals surface area contributed by atoms with Gasteiger partial charge in [0.2, 0.25) is 0 Å². The summed E-state index contributed by atoms with van der Waals surface area (Å²) in [7, 11) is 0. The van der Waals surface area contributed by atoms with Gasteiger partial charge in [-0.05, 0) is 57.8 Å². The van der Waals surface area contributed by atoms with Gasteiger partial charge in [-0.15, -0.1) is 0 Å². The first-order valence-electron chi connectivity index (χ1n) is 6.75. The molecule has 2 rings (SSSR count). The lowest BCUT2D eigenvalue weighted by Crippen LogP contribution is -2.39. The second-order valence-electron chi connectivity index (χ2n) is 5.27. The van der Waals surface area contributed by atoms with E-state index in [0.29, 0.717) is 11.1 Å². The number of hydrogen-bond acceptors (Lipinski definition) is 3. The summed E-state index contributed by atoms with van der Waals surface area (Å²) < 4.78 is 0. The Bertz CT molecular complexity index is 358. The molecule has 4 heteroatoms. The van der Waals surface area contributed by atoms with Gasteiger partial charge in [0.15, 0.2) is 0 Å². The van der Waals surface area contributed by atoms with E-state index in [-0.39, 0.29) is 0 Å². The zero-order valence-corrected chi connectivity index (χ0v) is 12.0. The zero-order valence-electron chi connectivity index (χ0n) is 11.2. The van der Waals surface area contributed by atoms with Crippen LogP contribution in [0.2, 0.25) is 5.02 Å². The Labute approximate surface area is 115 Å². The fraction of sp³-hybridized carbons (Fsp3) is 0.643. The molecular formula is C14H22ClN3. The quantitative estimate of drug-likeness (QED) is 0.909. The highest BCUT2D eigenvalue weighted by Gasteiger charge is 2.19. The molecule has 1 fully saturated rings. The van der Waals surface area contributed by atoms with Gasteiger partial charge in [-0.1, -0.05) is 11.6 Å². The molecule has 1 aliphatic heterocycles. The standard InChI is InChI=1S/C14H22ClN3/c1-11(2)18(10-12-5-7-16-8-6-12)14-4-3-13(15)9-17-14/h3-4,9,11-12,16H,5-8,10H2,1-2H3. The number of nitrogens with one attached hydrogen (secondary N) is 1. The molecule has 0 saturated carbocycles. The summed E-state index contributed by atoms with van der Waals surface area (Å²) in [5.74, 6) is 1.80. The molecule has 0 spiro atoms. The summed E-state index contributed by atoms with van der Waals surface area (Å²) in [6.45, 7) is 7.82. The van der Waals surface area contributed by atoms with Crippen LogP contribution in [0.4, 0.5) is 5.82 Å². The Balaban J connectivity index is 2.05. The SMILES string of the molecule is CC(C)N(CC1CCNCC1)c1ccc(Cl)cn1. The Morgan fingerprint density at radius 1 is 1.39 bits per heavy atom. The Morgan fingerprint density at radius 3 is 2.67 bits per heavy atom. The van der Waals surface area contributed by atoms with Crippen LogP contribution >= 0.6 is 11.6 Å². The van der Waals surface area contributed by atoms with E-state index in [9.17, 15) is 0 Å². The minimum absolute atomic E-state index is 0.466. The molecule has 0 aromatic carbocycles. The van der Waals surface area contributed by atoms with Crippen molar-refractivity contribution in [3.63, 3.8) is 0 Å². The molecule has 0 aliphatic carbocycles. The van der Waals surface area contributed by atoms with Crippen molar-refractivity contribution in [1.82, 2.24) is 10.3 Å². The number of anilines is 1. The lowest BCUT2D eigenvalue weighted by molar-refractivity contribution is 0.367. The minimum atomic E-state index is 0.466. The third kappa shape index (κ3) is 3.59. The molecule has 2 heterocycles. The first-order valence-corrected chi connectivity index (χ1v) is 7.13. The average molecular weight is 268 g/mol. The van der Waals surface area contributed by atoms with Gasteiger partial charge in [0.05, 0.1) is 5.02 Å². The zero-order chi connectivity index (χ0) is 13.0. The monoisotopic (exact) mass is 267 g/mol. The van der Waals surface area contributed by atoms with Crippen molar-refractivity contribution in [3.05, 3.63) is 23.4 Å². The van der Waals surface area contributed by atoms with Gasteiger partial charge < -0.3 is 10.2 Å². The van der Waals surface area contributed by atoms with Gasteiger partial charge in [0.1, 0.15) is 5.82 Å². The molecule has 18 heavy (non-hydrogen) atoms. The number of pyridine rings is 1. The van der Waals surface area contributed by atoms with Crippen LogP contribution in [0.25, 0.3) is 0 Å². The van der Waals surface area contributed by atoms with Gasteiger partial charge in [-0.25, -0.2) is 4.98 Å². The van der Waals surface area contributed by atoms with Crippen LogP contribution in [-0.4, -0.2) is 30.7 Å². The van der Waals surface area contributed by atoms with E-state index in [2.05, 4.69) is 29.0 Å². The van der Waals surface area contributed by atoms with Crippen LogP contribution in [0.5, 0.6) is 0 Å². The molecule has 1 aliphatic rings. The highest BCUT2D eigenvalue weighted by atomic mass is 35.5. The number of rotatable bonds is 4. The summed E-state index contributed by atoms with van der Waals surface area (Å²) in [4.78, 5) is 6.82. The van der Waals surface area contributed by atoms with E-state index < -0.39 is 0 Å². The van der Waals surface area contributed by atoms with Crippen LogP contribution in [-0.2, 0) is 0 Å². The second kappa shape index (κ2) is 6.39. The minimum Gasteiger partial charge on any atom is -0.354 e. The van der Waals surface area contributed by atoms with Crippen molar-refractivity contribution in [2.75, 3.05) is 24.5 Å². The third-order valence-electron chi connectivity index (χ3n) is 3.54. The molecule has 0 unspecified atom stereocenters. The molecule has 1 N–H and O–H groups in total. The first kappa shape index (κ1) is 13.6. The van der Waals surface area contributed by atoms with Gasteiger partial charge in [0, 0.05) is 18.8 Å². The Morgan fingerprint density at radius 2 is 2.11 bits per heavy atom. The van der Waals surface area contributed by atoms with Crippen molar-refractivity contribution in [1.29, 1.82) is 0 Å². The molecule has 0 atom stereocenters. The van der Waals surface area contributed by atoms with Gasteiger partial charge in [-0.3, -0.25) is 0 Å². The van der Waals surface area contributed by atoms with Gasteiger partial charge >= 0.3 is 0 Å². The van der Waals surface area contributed by atoms with E-state index in [1.807, 2.05) is 12.1 Å². The highest BCUT2D eigenvalue weighted by molar-refractivity contribution is 6.30. The van der Waals surface area contributed by atoms with Gasteiger partial charge in [0.25, 0.3) is 0 Å². The molecule has 0 bridgehead atoms. The topological polar surface area (TPSA) is 28.2 Å². The van der Waals surface area contributed by atoms with Crippen LogP contribution in [0, 0.1) is 5.92 Å². The summed E-state index contributed by atoms with van der Waals surface area (Å²) in [5.41, 5.74) is 0. The fourth-order valence-corrected chi connectivity index (χ4v) is 2.56. The molecular weight excluding hydrogens is 246 g/mol. The largest absolute Gasteiger partial charge is 0.354 e. The maximum atomic E-state index is 5.90. The maximum absolute atomic E-state index is 5.90. The lowest BCUT2D eigenvalue weighted by atomic mass is 9.97. The molecule has 0 radical (unpaired) electrons. The van der Waals surface area contributed by atoms with E-state index >= 15 is 0 Å². The average Bonchev–Trinajstić information content (AvgIpc) is 2.38. The molecule has 0 amide bonds. The molecule has 1 saturated heterocycles. The van der Waals surface area contributed by atoms with Crippen molar-refractivity contribution in [3.8, 4) is 0 Å². The number of halogens is 1. The second-order valence-corrected chi connectivity index (χ2v) is 5.71. The van der Waals surface area contributed by atoms with E-state index in [1.54, 1.807) is 6.20 Å². The van der Waals surface area contributed by atoms with Crippen molar-refractivity contribution >= 4 is 17.4 Å². The molecule has 3 nitrogen and oxygen atoms in total. The number of piperidine rings is 1. The molecule has 1 aromatic heterocycles. The molecule has 1 aromatic rings. The number of hydrogen-bond donors (Lipinski definition) is 1. The van der Waals surface area contributed by atoms with E-state index in [1.165, 1.54) is 12.8 Å². The summed E-state index contributed by atoms with van der Waals surface area (Å²) in [6.07, 6.45) is 4.25. The van der Waals surface area contributed by atoms with Crippen molar-refractivity contribution in [2.24, 2.45) is 5.92 Å². The number of aromatic nitrogens is 1. The maximum Gasteiger partial charge on any atom is 0.128 e. The van der Waals surface area contributed by atoms with Crippen LogP contribution in [0.1, 0.15) is 26.7 Å². The van der Waals surface area contributed by atoms with E-state index in [0.717, 1.165) is 31.4 Å². The predicted molar refractivity (Wildman–Crippen MR) is 77.3 cm³/mol. The van der Waals surface area contributed by atoms with Gasteiger partial charge in [-0.2, -0.15) is 0 Å². The van der Waals surface area contributed by atoms with Crippen molar-refractivity contribution < 1.29 is 0 Å². The summed E-state index contributed by atoms with van der Waals surface area (Å²) in [6, 6.07) is 4.40. The lowest BCUT2D eigenvalue weighted by Gasteiger charge is -2.33. The predicted octanol–water partition coefficient (Wildman–Crippen LogP) is 2.95.